The van der Waals surface area contributed by atoms with Gasteiger partial charge in [-0.25, -0.2) is 19.7 Å². The SMILES string of the molecule is CCNC(=O)Nc1cc(CN2CCC(c3ccc(-c4ncc[nH]4)nc3F)CC2)ccn1. The molecule has 1 fully saturated rings. The molecule has 4 heterocycles. The summed E-state index contributed by atoms with van der Waals surface area (Å²) in [5.41, 5.74) is 2.27. The zero-order valence-electron chi connectivity index (χ0n) is 17.4. The molecule has 162 valence electrons. The summed E-state index contributed by atoms with van der Waals surface area (Å²) < 4.78 is 14.7. The van der Waals surface area contributed by atoms with Gasteiger partial charge in [-0.3, -0.25) is 10.2 Å². The first kappa shape index (κ1) is 20.9. The third-order valence-electron chi connectivity index (χ3n) is 5.46. The first-order valence-corrected chi connectivity index (χ1v) is 10.5. The predicted molar refractivity (Wildman–Crippen MR) is 116 cm³/mol. The minimum Gasteiger partial charge on any atom is -0.343 e. The molecule has 3 aromatic rings. The number of hydrogen-bond acceptors (Lipinski definition) is 5. The quantitative estimate of drug-likeness (QED) is 0.527. The molecule has 2 amide bonds. The molecule has 0 unspecified atom stereocenters. The van der Waals surface area contributed by atoms with Crippen LogP contribution in [-0.4, -0.2) is 50.5 Å². The fourth-order valence-electron chi connectivity index (χ4n) is 3.91. The lowest BCUT2D eigenvalue weighted by Gasteiger charge is -2.32. The van der Waals surface area contributed by atoms with E-state index in [1.807, 2.05) is 31.2 Å². The van der Waals surface area contributed by atoms with Crippen LogP contribution in [0.5, 0.6) is 0 Å². The van der Waals surface area contributed by atoms with Crippen molar-refractivity contribution in [1.29, 1.82) is 0 Å². The van der Waals surface area contributed by atoms with E-state index in [1.54, 1.807) is 18.6 Å². The summed E-state index contributed by atoms with van der Waals surface area (Å²) in [5, 5.41) is 5.42. The Balaban J connectivity index is 1.33. The van der Waals surface area contributed by atoms with Crippen LogP contribution in [0, 0.1) is 5.95 Å². The Labute approximate surface area is 180 Å². The molecule has 0 spiro atoms. The number of nitrogens with zero attached hydrogens (tertiary/aromatic N) is 4. The molecule has 4 rings (SSSR count). The molecule has 1 aliphatic rings. The van der Waals surface area contributed by atoms with Crippen LogP contribution in [-0.2, 0) is 6.54 Å². The van der Waals surface area contributed by atoms with Gasteiger partial charge in [-0.1, -0.05) is 6.07 Å². The topological polar surface area (TPSA) is 98.8 Å². The second-order valence-electron chi connectivity index (χ2n) is 7.60. The Morgan fingerprint density at radius 2 is 2.06 bits per heavy atom. The number of imidazole rings is 1. The second kappa shape index (κ2) is 9.65. The normalized spacial score (nSPS) is 15.0. The van der Waals surface area contributed by atoms with Gasteiger partial charge in [0.2, 0.25) is 5.95 Å². The number of piperidine rings is 1. The average Bonchev–Trinajstić information content (AvgIpc) is 3.30. The molecule has 8 nitrogen and oxygen atoms in total. The molecular weight excluding hydrogens is 397 g/mol. The van der Waals surface area contributed by atoms with E-state index in [-0.39, 0.29) is 11.9 Å². The van der Waals surface area contributed by atoms with Crippen LogP contribution in [0.25, 0.3) is 11.5 Å². The van der Waals surface area contributed by atoms with Crippen LogP contribution < -0.4 is 10.6 Å². The van der Waals surface area contributed by atoms with Crippen molar-refractivity contribution >= 4 is 11.8 Å². The van der Waals surface area contributed by atoms with Gasteiger partial charge < -0.3 is 10.3 Å². The monoisotopic (exact) mass is 423 g/mol. The maximum atomic E-state index is 14.7. The number of carbonyl (C=O) groups is 1. The van der Waals surface area contributed by atoms with Crippen molar-refractivity contribution in [2.75, 3.05) is 25.0 Å². The standard InChI is InChI=1S/C22H26FN7O/c1-2-24-22(31)29-19-13-15(5-8-25-19)14-30-11-6-16(7-12-30)17-3-4-18(28-20(17)23)21-26-9-10-27-21/h3-5,8-10,13,16H,2,6-7,11-12,14H2,1H3,(H,26,27)(H2,24,25,29,31). The summed E-state index contributed by atoms with van der Waals surface area (Å²) >= 11 is 0. The highest BCUT2D eigenvalue weighted by Gasteiger charge is 2.24. The van der Waals surface area contributed by atoms with Gasteiger partial charge in [0.1, 0.15) is 11.5 Å². The van der Waals surface area contributed by atoms with E-state index in [4.69, 9.17) is 0 Å². The fraction of sp³-hybridized carbons (Fsp3) is 0.364. The van der Waals surface area contributed by atoms with Crippen molar-refractivity contribution in [3.8, 4) is 11.5 Å². The summed E-state index contributed by atoms with van der Waals surface area (Å²) in [7, 11) is 0. The van der Waals surface area contributed by atoms with Crippen molar-refractivity contribution in [1.82, 2.24) is 30.2 Å². The van der Waals surface area contributed by atoms with Crippen molar-refractivity contribution < 1.29 is 9.18 Å². The molecule has 0 aromatic carbocycles. The number of aromatic nitrogens is 4. The third kappa shape index (κ3) is 5.24. The van der Waals surface area contributed by atoms with E-state index in [2.05, 4.69) is 35.5 Å². The number of nitrogens with one attached hydrogen (secondary N) is 3. The van der Waals surface area contributed by atoms with Crippen LogP contribution in [0.3, 0.4) is 0 Å². The van der Waals surface area contributed by atoms with Crippen LogP contribution in [0.4, 0.5) is 15.0 Å². The highest BCUT2D eigenvalue weighted by Crippen LogP contribution is 2.31. The second-order valence-corrected chi connectivity index (χ2v) is 7.60. The molecule has 1 aliphatic heterocycles. The first-order chi connectivity index (χ1) is 15.1. The first-order valence-electron chi connectivity index (χ1n) is 10.5. The van der Waals surface area contributed by atoms with Gasteiger partial charge in [0.05, 0.1) is 0 Å². The Kier molecular flexibility index (Phi) is 6.51. The van der Waals surface area contributed by atoms with Crippen LogP contribution in [0.15, 0.2) is 42.9 Å². The summed E-state index contributed by atoms with van der Waals surface area (Å²) in [6.45, 7) is 4.92. The number of rotatable bonds is 6. The van der Waals surface area contributed by atoms with Crippen LogP contribution in [0.2, 0.25) is 0 Å². The van der Waals surface area contributed by atoms with Gasteiger partial charge in [-0.15, -0.1) is 0 Å². The Morgan fingerprint density at radius 3 is 2.77 bits per heavy atom. The molecule has 0 aliphatic carbocycles. The van der Waals surface area contributed by atoms with E-state index in [1.165, 1.54) is 0 Å². The number of carbonyl (C=O) groups excluding carboxylic acids is 1. The largest absolute Gasteiger partial charge is 0.343 e. The van der Waals surface area contributed by atoms with E-state index < -0.39 is 5.95 Å². The predicted octanol–water partition coefficient (Wildman–Crippen LogP) is 3.53. The molecule has 0 bridgehead atoms. The third-order valence-corrected chi connectivity index (χ3v) is 5.46. The molecule has 1 saturated heterocycles. The van der Waals surface area contributed by atoms with Crippen LogP contribution in [0.1, 0.15) is 36.8 Å². The summed E-state index contributed by atoms with van der Waals surface area (Å²) in [5.74, 6) is 0.839. The zero-order chi connectivity index (χ0) is 21.6. The van der Waals surface area contributed by atoms with Crippen molar-refractivity contribution in [3.63, 3.8) is 0 Å². The number of hydrogen-bond donors (Lipinski definition) is 3. The maximum absolute atomic E-state index is 14.7. The Bertz CT molecular complexity index is 1020. The van der Waals surface area contributed by atoms with Gasteiger partial charge >= 0.3 is 6.03 Å². The molecule has 9 heteroatoms. The highest BCUT2D eigenvalue weighted by atomic mass is 19.1. The zero-order valence-corrected chi connectivity index (χ0v) is 17.4. The van der Waals surface area contributed by atoms with Crippen LogP contribution >= 0.6 is 0 Å². The molecular formula is C22H26FN7O. The molecule has 0 saturated carbocycles. The lowest BCUT2D eigenvalue weighted by molar-refractivity contribution is 0.203. The minimum atomic E-state index is -0.414. The maximum Gasteiger partial charge on any atom is 0.320 e. The van der Waals surface area contributed by atoms with Crippen molar-refractivity contribution in [2.24, 2.45) is 0 Å². The molecule has 31 heavy (non-hydrogen) atoms. The molecule has 0 radical (unpaired) electrons. The van der Waals surface area contributed by atoms with Gasteiger partial charge in [0.15, 0.2) is 5.82 Å². The minimum absolute atomic E-state index is 0.154. The van der Waals surface area contributed by atoms with E-state index in [9.17, 15) is 9.18 Å². The van der Waals surface area contributed by atoms with Crippen molar-refractivity contribution in [3.05, 3.63) is 59.9 Å². The van der Waals surface area contributed by atoms with Crippen molar-refractivity contribution in [2.45, 2.75) is 32.2 Å². The van der Waals surface area contributed by atoms with Gasteiger partial charge in [-0.05, 0) is 62.5 Å². The Hall–Kier alpha value is -3.33. The van der Waals surface area contributed by atoms with Gasteiger partial charge in [0, 0.05) is 37.2 Å². The van der Waals surface area contributed by atoms with Gasteiger partial charge in [0.25, 0.3) is 0 Å². The molecule has 3 N–H and O–H groups in total. The summed E-state index contributed by atoms with van der Waals surface area (Å²) in [6, 6.07) is 7.23. The Morgan fingerprint density at radius 1 is 1.23 bits per heavy atom. The summed E-state index contributed by atoms with van der Waals surface area (Å²) in [6.07, 6.45) is 6.76. The number of likely N-dealkylation sites (tertiary alicyclic amines) is 1. The number of halogens is 1. The lowest BCUT2D eigenvalue weighted by Crippen LogP contribution is -2.33. The van der Waals surface area contributed by atoms with E-state index in [0.717, 1.165) is 38.0 Å². The number of amides is 2. The average molecular weight is 423 g/mol. The fourth-order valence-corrected chi connectivity index (χ4v) is 3.91. The lowest BCUT2D eigenvalue weighted by atomic mass is 9.90. The number of H-pyrrole nitrogens is 1. The highest BCUT2D eigenvalue weighted by molar-refractivity contribution is 5.88. The number of pyridine rings is 2. The number of anilines is 1. The van der Waals surface area contributed by atoms with E-state index in [0.29, 0.717) is 29.4 Å². The summed E-state index contributed by atoms with van der Waals surface area (Å²) in [4.78, 5) is 29.4. The number of aromatic amines is 1. The van der Waals surface area contributed by atoms with Gasteiger partial charge in [-0.2, -0.15) is 4.39 Å². The molecule has 0 atom stereocenters. The smallest absolute Gasteiger partial charge is 0.320 e. The van der Waals surface area contributed by atoms with E-state index >= 15 is 0 Å². The number of urea groups is 1. The molecule has 3 aromatic heterocycles.